The van der Waals surface area contributed by atoms with Crippen LogP contribution >= 0.6 is 0 Å². The van der Waals surface area contributed by atoms with E-state index < -0.39 is 0 Å². The van der Waals surface area contributed by atoms with E-state index in [4.69, 9.17) is 9.84 Å². The van der Waals surface area contributed by atoms with Crippen LogP contribution in [0.2, 0.25) is 0 Å². The van der Waals surface area contributed by atoms with Crippen LogP contribution in [-0.2, 0) is 4.74 Å². The van der Waals surface area contributed by atoms with Crippen LogP contribution in [0.25, 0.3) is 0 Å². The average Bonchev–Trinajstić information content (AvgIpc) is 2.16. The van der Waals surface area contributed by atoms with E-state index in [9.17, 15) is 0 Å². The Morgan fingerprint density at radius 1 is 1.21 bits per heavy atom. The Labute approximate surface area is 88.1 Å². The van der Waals surface area contributed by atoms with Crippen LogP contribution in [-0.4, -0.2) is 49.0 Å². The molecule has 0 atom stereocenters. The third-order valence-corrected chi connectivity index (χ3v) is 2.21. The SMILES string of the molecule is CCCOCCN(CCCO)C(C)C. The summed E-state index contributed by atoms with van der Waals surface area (Å²) in [6.45, 7) is 10.3. The van der Waals surface area contributed by atoms with Gasteiger partial charge in [-0.15, -0.1) is 0 Å². The highest BCUT2D eigenvalue weighted by atomic mass is 16.5. The van der Waals surface area contributed by atoms with E-state index >= 15 is 0 Å². The summed E-state index contributed by atoms with van der Waals surface area (Å²) in [6, 6.07) is 0.534. The zero-order chi connectivity index (χ0) is 10.8. The van der Waals surface area contributed by atoms with Gasteiger partial charge in [-0.25, -0.2) is 0 Å². The van der Waals surface area contributed by atoms with Crippen LogP contribution in [0, 0.1) is 0 Å². The Balaban J connectivity index is 3.52. The number of hydrogen-bond acceptors (Lipinski definition) is 3. The molecule has 1 N–H and O–H groups in total. The summed E-state index contributed by atoms with van der Waals surface area (Å²) in [7, 11) is 0. The molecule has 0 unspecified atom stereocenters. The van der Waals surface area contributed by atoms with Crippen molar-refractivity contribution in [1.82, 2.24) is 4.90 Å². The van der Waals surface area contributed by atoms with E-state index in [0.717, 1.165) is 39.1 Å². The molecule has 0 fully saturated rings. The molecule has 86 valence electrons. The molecule has 0 aromatic carbocycles. The van der Waals surface area contributed by atoms with Gasteiger partial charge in [0.2, 0.25) is 0 Å². The molecule has 0 amide bonds. The van der Waals surface area contributed by atoms with Crippen molar-refractivity contribution >= 4 is 0 Å². The molecule has 0 heterocycles. The Bertz CT molecular complexity index is 118. The van der Waals surface area contributed by atoms with Crippen molar-refractivity contribution in [3.63, 3.8) is 0 Å². The van der Waals surface area contributed by atoms with Crippen molar-refractivity contribution < 1.29 is 9.84 Å². The molecule has 0 saturated heterocycles. The lowest BCUT2D eigenvalue weighted by Crippen LogP contribution is -2.35. The predicted octanol–water partition coefficient (Wildman–Crippen LogP) is 1.51. The number of nitrogens with zero attached hydrogens (tertiary/aromatic N) is 1. The Morgan fingerprint density at radius 2 is 1.93 bits per heavy atom. The maximum atomic E-state index is 8.75. The molecule has 0 aliphatic carbocycles. The third kappa shape index (κ3) is 7.30. The number of ether oxygens (including phenoxy) is 1. The minimum absolute atomic E-state index is 0.277. The number of aliphatic hydroxyl groups is 1. The van der Waals surface area contributed by atoms with Gasteiger partial charge in [-0.1, -0.05) is 6.92 Å². The van der Waals surface area contributed by atoms with Gasteiger partial charge in [-0.05, 0) is 26.7 Å². The van der Waals surface area contributed by atoms with Gasteiger partial charge in [0.05, 0.1) is 6.61 Å². The average molecular weight is 203 g/mol. The van der Waals surface area contributed by atoms with Crippen LogP contribution in [0.15, 0.2) is 0 Å². The van der Waals surface area contributed by atoms with Crippen molar-refractivity contribution in [2.45, 2.75) is 39.7 Å². The fraction of sp³-hybridized carbons (Fsp3) is 1.00. The molecular formula is C11H25NO2. The second kappa shape index (κ2) is 9.44. The first kappa shape index (κ1) is 13.9. The van der Waals surface area contributed by atoms with Crippen molar-refractivity contribution in [2.75, 3.05) is 32.9 Å². The molecular weight excluding hydrogens is 178 g/mol. The highest BCUT2D eigenvalue weighted by molar-refractivity contribution is 4.62. The van der Waals surface area contributed by atoms with Gasteiger partial charge in [0, 0.05) is 32.3 Å². The summed E-state index contributed by atoms with van der Waals surface area (Å²) in [5.41, 5.74) is 0. The standard InChI is InChI=1S/C11H25NO2/c1-4-9-14-10-7-12(11(2)3)6-5-8-13/h11,13H,4-10H2,1-3H3. The minimum Gasteiger partial charge on any atom is -0.396 e. The Hall–Kier alpha value is -0.120. The first-order valence-electron chi connectivity index (χ1n) is 5.65. The Morgan fingerprint density at radius 3 is 2.43 bits per heavy atom. The van der Waals surface area contributed by atoms with E-state index in [0.29, 0.717) is 6.04 Å². The largest absolute Gasteiger partial charge is 0.396 e. The normalized spacial score (nSPS) is 11.6. The quantitative estimate of drug-likeness (QED) is 0.577. The Kier molecular flexibility index (Phi) is 9.35. The van der Waals surface area contributed by atoms with E-state index in [1.165, 1.54) is 0 Å². The molecule has 0 spiro atoms. The van der Waals surface area contributed by atoms with E-state index in [1.807, 2.05) is 0 Å². The molecule has 0 saturated carbocycles. The van der Waals surface area contributed by atoms with Crippen molar-refractivity contribution in [2.24, 2.45) is 0 Å². The smallest absolute Gasteiger partial charge is 0.0593 e. The van der Waals surface area contributed by atoms with E-state index in [2.05, 4.69) is 25.7 Å². The molecule has 0 bridgehead atoms. The third-order valence-electron chi connectivity index (χ3n) is 2.21. The summed E-state index contributed by atoms with van der Waals surface area (Å²) in [5, 5.41) is 8.75. The molecule has 0 rings (SSSR count). The monoisotopic (exact) mass is 203 g/mol. The lowest BCUT2D eigenvalue weighted by atomic mass is 10.3. The van der Waals surface area contributed by atoms with Gasteiger partial charge in [0.15, 0.2) is 0 Å². The van der Waals surface area contributed by atoms with Crippen LogP contribution in [0.4, 0.5) is 0 Å². The molecule has 0 aliphatic heterocycles. The van der Waals surface area contributed by atoms with Crippen LogP contribution in [0.3, 0.4) is 0 Å². The fourth-order valence-electron chi connectivity index (χ4n) is 1.33. The van der Waals surface area contributed by atoms with Crippen LogP contribution in [0.5, 0.6) is 0 Å². The zero-order valence-corrected chi connectivity index (χ0v) is 9.83. The van der Waals surface area contributed by atoms with Crippen molar-refractivity contribution in [1.29, 1.82) is 0 Å². The molecule has 0 aromatic rings. The maximum absolute atomic E-state index is 8.75. The van der Waals surface area contributed by atoms with Crippen molar-refractivity contribution in [3.05, 3.63) is 0 Å². The number of aliphatic hydroxyl groups excluding tert-OH is 1. The molecule has 3 heteroatoms. The van der Waals surface area contributed by atoms with Gasteiger partial charge in [0.25, 0.3) is 0 Å². The topological polar surface area (TPSA) is 32.7 Å². The second-order valence-electron chi connectivity index (χ2n) is 3.82. The van der Waals surface area contributed by atoms with E-state index in [1.54, 1.807) is 0 Å². The minimum atomic E-state index is 0.277. The van der Waals surface area contributed by atoms with Gasteiger partial charge >= 0.3 is 0 Å². The summed E-state index contributed by atoms with van der Waals surface area (Å²) >= 11 is 0. The van der Waals surface area contributed by atoms with Crippen LogP contribution < -0.4 is 0 Å². The van der Waals surface area contributed by atoms with Gasteiger partial charge in [-0.2, -0.15) is 0 Å². The molecule has 14 heavy (non-hydrogen) atoms. The summed E-state index contributed by atoms with van der Waals surface area (Å²) in [5.74, 6) is 0. The fourth-order valence-corrected chi connectivity index (χ4v) is 1.33. The van der Waals surface area contributed by atoms with E-state index in [-0.39, 0.29) is 6.61 Å². The highest BCUT2D eigenvalue weighted by Crippen LogP contribution is 1.99. The van der Waals surface area contributed by atoms with Gasteiger partial charge in [-0.3, -0.25) is 4.90 Å². The second-order valence-corrected chi connectivity index (χ2v) is 3.82. The number of rotatable bonds is 9. The molecule has 0 radical (unpaired) electrons. The molecule has 0 aromatic heterocycles. The zero-order valence-electron chi connectivity index (χ0n) is 9.83. The predicted molar refractivity (Wildman–Crippen MR) is 59.5 cm³/mol. The first-order valence-corrected chi connectivity index (χ1v) is 5.65. The number of hydrogen-bond donors (Lipinski definition) is 1. The summed E-state index contributed by atoms with van der Waals surface area (Å²) in [4.78, 5) is 2.34. The summed E-state index contributed by atoms with van der Waals surface area (Å²) < 4.78 is 5.44. The highest BCUT2D eigenvalue weighted by Gasteiger charge is 2.07. The molecule has 3 nitrogen and oxygen atoms in total. The van der Waals surface area contributed by atoms with Gasteiger partial charge in [0.1, 0.15) is 0 Å². The van der Waals surface area contributed by atoms with Crippen LogP contribution in [0.1, 0.15) is 33.6 Å². The summed E-state index contributed by atoms with van der Waals surface area (Å²) in [6.07, 6.45) is 1.93. The lowest BCUT2D eigenvalue weighted by molar-refractivity contribution is 0.0895. The van der Waals surface area contributed by atoms with Crippen molar-refractivity contribution in [3.8, 4) is 0 Å². The first-order chi connectivity index (χ1) is 6.72. The lowest BCUT2D eigenvalue weighted by Gasteiger charge is -2.25. The maximum Gasteiger partial charge on any atom is 0.0593 e. The molecule has 0 aliphatic rings. The van der Waals surface area contributed by atoms with Gasteiger partial charge < -0.3 is 9.84 Å².